The Bertz CT molecular complexity index is 451. The quantitative estimate of drug-likeness (QED) is 0.584. The van der Waals surface area contributed by atoms with Crippen molar-refractivity contribution in [2.45, 2.75) is 13.8 Å². The summed E-state index contributed by atoms with van der Waals surface area (Å²) in [7, 11) is -3.38. The van der Waals surface area contributed by atoms with Gasteiger partial charge in [0.15, 0.2) is 0 Å². The van der Waals surface area contributed by atoms with Crippen LogP contribution in [0, 0.1) is 13.8 Å². The molecule has 0 bridgehead atoms. The molecule has 0 saturated heterocycles. The highest BCUT2D eigenvalue weighted by molar-refractivity contribution is 7.85. The Balaban J connectivity index is 2.43. The third-order valence-corrected chi connectivity index (χ3v) is 2.56. The molecule has 16 heavy (non-hydrogen) atoms. The maximum Gasteiger partial charge on any atom is 0.264 e. The van der Waals surface area contributed by atoms with E-state index in [2.05, 4.69) is 4.18 Å². The lowest BCUT2D eigenvalue weighted by molar-refractivity contribution is 0.221. The molecule has 0 aliphatic rings. The van der Waals surface area contributed by atoms with Crippen molar-refractivity contribution < 1.29 is 17.3 Å². The molecule has 0 spiro atoms. The Labute approximate surface area is 96.3 Å². The number of rotatable bonds is 5. The Morgan fingerprint density at radius 1 is 1.19 bits per heavy atom. The Hall–Kier alpha value is -1.07. The van der Waals surface area contributed by atoms with E-state index in [4.69, 9.17) is 4.74 Å². The fourth-order valence-electron chi connectivity index (χ4n) is 1.30. The van der Waals surface area contributed by atoms with Crippen LogP contribution in [0.3, 0.4) is 0 Å². The van der Waals surface area contributed by atoms with Crippen molar-refractivity contribution in [3.8, 4) is 5.75 Å². The third-order valence-electron chi connectivity index (χ3n) is 1.97. The highest BCUT2D eigenvalue weighted by Gasteiger charge is 2.02. The van der Waals surface area contributed by atoms with E-state index in [1.807, 2.05) is 32.0 Å². The summed E-state index contributed by atoms with van der Waals surface area (Å²) in [5.74, 6) is 0.753. The highest BCUT2D eigenvalue weighted by Crippen LogP contribution is 2.18. The molecule has 0 radical (unpaired) electrons. The molecule has 0 N–H and O–H groups in total. The van der Waals surface area contributed by atoms with Crippen molar-refractivity contribution in [2.24, 2.45) is 0 Å². The van der Waals surface area contributed by atoms with Crippen molar-refractivity contribution in [3.05, 3.63) is 29.3 Å². The number of hydrogen-bond donors (Lipinski definition) is 0. The molecule has 5 heteroatoms. The van der Waals surface area contributed by atoms with Crippen LogP contribution in [0.2, 0.25) is 0 Å². The zero-order chi connectivity index (χ0) is 12.2. The lowest BCUT2D eigenvalue weighted by Gasteiger charge is -2.09. The molecule has 4 nitrogen and oxygen atoms in total. The van der Waals surface area contributed by atoms with Crippen LogP contribution >= 0.6 is 0 Å². The van der Waals surface area contributed by atoms with Gasteiger partial charge in [-0.25, -0.2) is 0 Å². The second-order valence-corrected chi connectivity index (χ2v) is 5.29. The Kier molecular flexibility index (Phi) is 4.32. The first kappa shape index (κ1) is 13.0. The molecular weight excluding hydrogens is 228 g/mol. The van der Waals surface area contributed by atoms with Crippen LogP contribution in [0.1, 0.15) is 11.1 Å². The molecule has 0 unspecified atom stereocenters. The maximum absolute atomic E-state index is 10.7. The van der Waals surface area contributed by atoms with E-state index in [0.29, 0.717) is 0 Å². The molecule has 0 aliphatic carbocycles. The summed E-state index contributed by atoms with van der Waals surface area (Å²) in [5.41, 5.74) is 2.19. The van der Waals surface area contributed by atoms with Crippen molar-refractivity contribution >= 4 is 10.1 Å². The summed E-state index contributed by atoms with van der Waals surface area (Å²) in [5, 5.41) is 0. The fraction of sp³-hybridized carbons (Fsp3) is 0.455. The normalized spacial score (nSPS) is 11.4. The zero-order valence-corrected chi connectivity index (χ0v) is 10.5. The van der Waals surface area contributed by atoms with Gasteiger partial charge in [0.1, 0.15) is 19.0 Å². The second kappa shape index (κ2) is 5.32. The first-order valence-electron chi connectivity index (χ1n) is 4.93. The van der Waals surface area contributed by atoms with E-state index < -0.39 is 10.1 Å². The first-order valence-corrected chi connectivity index (χ1v) is 6.74. The van der Waals surface area contributed by atoms with Crippen molar-refractivity contribution in [2.75, 3.05) is 19.5 Å². The van der Waals surface area contributed by atoms with Gasteiger partial charge in [0.05, 0.1) is 6.26 Å². The predicted molar refractivity (Wildman–Crippen MR) is 62.2 cm³/mol. The van der Waals surface area contributed by atoms with Gasteiger partial charge in [0.2, 0.25) is 0 Å². The van der Waals surface area contributed by atoms with Gasteiger partial charge in [-0.2, -0.15) is 8.42 Å². The van der Waals surface area contributed by atoms with E-state index in [1.165, 1.54) is 0 Å². The number of ether oxygens (including phenoxy) is 1. The van der Waals surface area contributed by atoms with Gasteiger partial charge in [-0.05, 0) is 25.5 Å². The SMILES string of the molecule is Cc1ccc(OCCOS(C)(=O)=O)c(C)c1. The van der Waals surface area contributed by atoms with Crippen LogP contribution in [0.5, 0.6) is 5.75 Å². The summed E-state index contributed by atoms with van der Waals surface area (Å²) >= 11 is 0. The molecule has 0 fully saturated rings. The first-order chi connectivity index (χ1) is 7.38. The van der Waals surface area contributed by atoms with Crippen LogP contribution in [-0.4, -0.2) is 27.9 Å². The lowest BCUT2D eigenvalue weighted by atomic mass is 10.1. The van der Waals surface area contributed by atoms with Crippen LogP contribution < -0.4 is 4.74 Å². The van der Waals surface area contributed by atoms with Crippen molar-refractivity contribution in [1.82, 2.24) is 0 Å². The van der Waals surface area contributed by atoms with Gasteiger partial charge in [-0.15, -0.1) is 0 Å². The van der Waals surface area contributed by atoms with E-state index in [1.54, 1.807) is 0 Å². The molecule has 0 aromatic heterocycles. The lowest BCUT2D eigenvalue weighted by Crippen LogP contribution is -2.11. The smallest absolute Gasteiger partial charge is 0.264 e. The van der Waals surface area contributed by atoms with Gasteiger partial charge < -0.3 is 4.74 Å². The topological polar surface area (TPSA) is 52.6 Å². The largest absolute Gasteiger partial charge is 0.491 e. The predicted octanol–water partition coefficient (Wildman–Crippen LogP) is 1.66. The van der Waals surface area contributed by atoms with Crippen molar-refractivity contribution in [3.63, 3.8) is 0 Å². The van der Waals surface area contributed by atoms with Crippen LogP contribution in [0.4, 0.5) is 0 Å². The van der Waals surface area contributed by atoms with E-state index in [9.17, 15) is 8.42 Å². The molecule has 1 rings (SSSR count). The van der Waals surface area contributed by atoms with E-state index in [-0.39, 0.29) is 13.2 Å². The molecule has 0 heterocycles. The van der Waals surface area contributed by atoms with Crippen LogP contribution in [0.25, 0.3) is 0 Å². The minimum absolute atomic E-state index is 0.0339. The fourth-order valence-corrected chi connectivity index (χ4v) is 1.67. The summed E-state index contributed by atoms with van der Waals surface area (Å²) in [6.45, 7) is 4.20. The molecule has 1 aromatic rings. The average molecular weight is 244 g/mol. The monoisotopic (exact) mass is 244 g/mol. The van der Waals surface area contributed by atoms with E-state index >= 15 is 0 Å². The number of aryl methyl sites for hydroxylation is 2. The molecule has 90 valence electrons. The molecule has 0 aliphatic heterocycles. The summed E-state index contributed by atoms with van der Waals surface area (Å²) in [6, 6.07) is 5.82. The van der Waals surface area contributed by atoms with Crippen molar-refractivity contribution in [1.29, 1.82) is 0 Å². The number of benzene rings is 1. The summed E-state index contributed by atoms with van der Waals surface area (Å²) < 4.78 is 31.3. The summed E-state index contributed by atoms with van der Waals surface area (Å²) in [6.07, 6.45) is 1.02. The minimum Gasteiger partial charge on any atom is -0.491 e. The third kappa shape index (κ3) is 4.63. The average Bonchev–Trinajstić information content (AvgIpc) is 2.13. The van der Waals surface area contributed by atoms with Gasteiger partial charge in [0.25, 0.3) is 10.1 Å². The van der Waals surface area contributed by atoms with Gasteiger partial charge in [-0.1, -0.05) is 17.7 Å². The molecule has 0 amide bonds. The Morgan fingerprint density at radius 3 is 2.44 bits per heavy atom. The Morgan fingerprint density at radius 2 is 1.88 bits per heavy atom. The summed E-state index contributed by atoms with van der Waals surface area (Å²) in [4.78, 5) is 0. The van der Waals surface area contributed by atoms with Gasteiger partial charge >= 0.3 is 0 Å². The molecule has 0 atom stereocenters. The second-order valence-electron chi connectivity index (χ2n) is 3.64. The zero-order valence-electron chi connectivity index (χ0n) is 9.69. The molecule has 0 saturated carbocycles. The van der Waals surface area contributed by atoms with Crippen LogP contribution in [0.15, 0.2) is 18.2 Å². The maximum atomic E-state index is 10.7. The number of hydrogen-bond acceptors (Lipinski definition) is 4. The van der Waals surface area contributed by atoms with E-state index in [0.717, 1.165) is 23.1 Å². The van der Waals surface area contributed by atoms with Gasteiger partial charge in [-0.3, -0.25) is 4.18 Å². The highest BCUT2D eigenvalue weighted by atomic mass is 32.2. The molecule has 1 aromatic carbocycles. The minimum atomic E-state index is -3.38. The van der Waals surface area contributed by atoms with Gasteiger partial charge in [0, 0.05) is 0 Å². The standard InChI is InChI=1S/C11H16O4S/c1-9-4-5-11(10(2)8-9)14-6-7-15-16(3,12)13/h4-5,8H,6-7H2,1-3H3. The molecular formula is C11H16O4S. The van der Waals surface area contributed by atoms with Crippen LogP contribution in [-0.2, 0) is 14.3 Å².